The maximum Gasteiger partial charge on any atom is 0.323 e. The summed E-state index contributed by atoms with van der Waals surface area (Å²) in [7, 11) is 0. The Morgan fingerprint density at radius 1 is 1.21 bits per heavy atom. The molecular formula is C19H16N2O5S3. The lowest BCUT2D eigenvalue weighted by molar-refractivity contribution is -0.149. The minimum absolute atomic E-state index is 0.0364. The van der Waals surface area contributed by atoms with Crippen molar-refractivity contribution < 1.29 is 19.5 Å². The van der Waals surface area contributed by atoms with Gasteiger partial charge in [0.2, 0.25) is 11.8 Å². The van der Waals surface area contributed by atoms with Crippen molar-refractivity contribution in [3.63, 3.8) is 0 Å². The summed E-state index contributed by atoms with van der Waals surface area (Å²) < 4.78 is 0. The Morgan fingerprint density at radius 2 is 1.97 bits per heavy atom. The third-order valence-electron chi connectivity index (χ3n) is 6.96. The predicted octanol–water partition coefficient (Wildman–Crippen LogP) is 2.06. The molecule has 0 aromatic carbocycles. The van der Waals surface area contributed by atoms with E-state index in [4.69, 9.17) is 5.11 Å². The van der Waals surface area contributed by atoms with Crippen LogP contribution in [-0.2, 0) is 14.4 Å². The standard InChI is InChI=1S/C19H16N2O5S3/c22-9(23)5-21-17(24)11-6-4-7(12(11)18(21)25)14-10(6)13(8-2-1-3-27-8)15-16(28-14)20-19(26)29-15/h1-3,6-7,10-14H,4-5H2,(H,20,26)(H,22,23)/t6-,7+,10+,11+,12-,13-,14-/m1/s1. The molecule has 150 valence electrons. The molecule has 2 amide bonds. The van der Waals surface area contributed by atoms with E-state index in [-0.39, 0.29) is 45.6 Å². The number of thioether (sulfide) groups is 1. The third-order valence-corrected chi connectivity index (χ3v) is 10.5. The number of carbonyl (C=O) groups is 3. The van der Waals surface area contributed by atoms with Gasteiger partial charge in [0.1, 0.15) is 6.54 Å². The van der Waals surface area contributed by atoms with Gasteiger partial charge in [-0.05, 0) is 35.6 Å². The van der Waals surface area contributed by atoms with Crippen LogP contribution in [-0.4, -0.2) is 44.6 Å². The molecule has 0 spiro atoms. The highest BCUT2D eigenvalue weighted by atomic mass is 32.2. The summed E-state index contributed by atoms with van der Waals surface area (Å²) in [6.45, 7) is -0.554. The second kappa shape index (κ2) is 6.05. The van der Waals surface area contributed by atoms with E-state index in [1.54, 1.807) is 23.1 Å². The Bertz CT molecular complexity index is 1110. The molecule has 2 aliphatic carbocycles. The van der Waals surface area contributed by atoms with Gasteiger partial charge in [-0.25, -0.2) is 0 Å². The lowest BCUT2D eigenvalue weighted by Gasteiger charge is -2.42. The number of nitrogens with one attached hydrogen (secondary N) is 1. The molecule has 2 saturated carbocycles. The van der Waals surface area contributed by atoms with Gasteiger partial charge < -0.3 is 10.1 Å². The summed E-state index contributed by atoms with van der Waals surface area (Å²) in [6.07, 6.45) is 0.817. The summed E-state index contributed by atoms with van der Waals surface area (Å²) >= 11 is 4.54. The summed E-state index contributed by atoms with van der Waals surface area (Å²) in [5.74, 6) is -2.36. The van der Waals surface area contributed by atoms with E-state index in [9.17, 15) is 19.2 Å². The fraction of sp³-hybridized carbons (Fsp3) is 0.474. The number of amides is 2. The maximum atomic E-state index is 13.0. The molecule has 4 heterocycles. The monoisotopic (exact) mass is 448 g/mol. The summed E-state index contributed by atoms with van der Waals surface area (Å²) in [6, 6.07) is 4.08. The lowest BCUT2D eigenvalue weighted by atomic mass is 9.69. The number of H-pyrrole nitrogens is 1. The first kappa shape index (κ1) is 17.9. The number of carboxylic acid groups (broad SMARTS) is 1. The van der Waals surface area contributed by atoms with Gasteiger partial charge in [0, 0.05) is 20.9 Å². The average molecular weight is 449 g/mol. The van der Waals surface area contributed by atoms with E-state index in [0.29, 0.717) is 0 Å². The quantitative estimate of drug-likeness (QED) is 0.696. The number of thiazole rings is 1. The van der Waals surface area contributed by atoms with Crippen molar-refractivity contribution in [3.05, 3.63) is 36.9 Å². The first-order valence-corrected chi connectivity index (χ1v) is 12.0. The van der Waals surface area contributed by atoms with E-state index in [2.05, 4.69) is 11.1 Å². The number of carbonyl (C=O) groups excluding carboxylic acids is 2. The Kier molecular flexibility index (Phi) is 3.74. The molecule has 6 rings (SSSR count). The van der Waals surface area contributed by atoms with Crippen LogP contribution < -0.4 is 4.87 Å². The molecule has 0 unspecified atom stereocenters. The number of carboxylic acids is 1. The van der Waals surface area contributed by atoms with Crippen LogP contribution in [0.2, 0.25) is 0 Å². The van der Waals surface area contributed by atoms with Crippen LogP contribution in [0.4, 0.5) is 0 Å². The molecule has 4 aliphatic rings. The number of aliphatic carboxylic acids is 1. The number of aromatic amines is 1. The van der Waals surface area contributed by atoms with Gasteiger partial charge in [-0.15, -0.1) is 23.1 Å². The molecule has 29 heavy (non-hydrogen) atoms. The number of rotatable bonds is 3. The normalized spacial score (nSPS) is 37.0. The van der Waals surface area contributed by atoms with Crippen LogP contribution in [0.15, 0.2) is 27.3 Å². The second-order valence-corrected chi connectivity index (χ2v) is 11.3. The zero-order chi connectivity index (χ0) is 20.0. The number of likely N-dealkylation sites (tertiary alicyclic amines) is 1. The van der Waals surface area contributed by atoms with E-state index >= 15 is 0 Å². The highest BCUT2D eigenvalue weighted by molar-refractivity contribution is 8.00. The zero-order valence-corrected chi connectivity index (χ0v) is 17.4. The first-order valence-electron chi connectivity index (χ1n) is 9.45. The molecular weight excluding hydrogens is 432 g/mol. The minimum Gasteiger partial charge on any atom is -0.480 e. The van der Waals surface area contributed by atoms with Gasteiger partial charge in [0.05, 0.1) is 16.9 Å². The molecule has 7 nitrogen and oxygen atoms in total. The molecule has 7 atom stereocenters. The molecule has 0 radical (unpaired) electrons. The van der Waals surface area contributed by atoms with Crippen LogP contribution in [0.1, 0.15) is 22.1 Å². The van der Waals surface area contributed by atoms with Crippen LogP contribution in [0, 0.1) is 29.6 Å². The van der Waals surface area contributed by atoms with Crippen molar-refractivity contribution in [2.24, 2.45) is 29.6 Å². The van der Waals surface area contributed by atoms with E-state index < -0.39 is 24.3 Å². The number of aromatic nitrogens is 1. The number of hydrogen-bond donors (Lipinski definition) is 2. The topological polar surface area (TPSA) is 108 Å². The molecule has 2 bridgehead atoms. The molecule has 3 fully saturated rings. The predicted molar refractivity (Wildman–Crippen MR) is 107 cm³/mol. The fourth-order valence-corrected chi connectivity index (χ4v) is 10.0. The zero-order valence-electron chi connectivity index (χ0n) is 14.9. The van der Waals surface area contributed by atoms with Gasteiger partial charge in [-0.3, -0.25) is 24.1 Å². The number of fused-ring (bicyclic) bond motifs is 9. The molecule has 2 N–H and O–H groups in total. The van der Waals surface area contributed by atoms with Crippen LogP contribution in [0.25, 0.3) is 0 Å². The summed E-state index contributed by atoms with van der Waals surface area (Å²) in [4.78, 5) is 55.3. The molecule has 10 heteroatoms. The fourth-order valence-electron chi connectivity index (χ4n) is 6.16. The molecule has 1 saturated heterocycles. The van der Waals surface area contributed by atoms with Crippen molar-refractivity contribution in [1.82, 2.24) is 9.88 Å². The van der Waals surface area contributed by atoms with Crippen LogP contribution >= 0.6 is 34.4 Å². The van der Waals surface area contributed by atoms with E-state index in [0.717, 1.165) is 21.2 Å². The van der Waals surface area contributed by atoms with Crippen molar-refractivity contribution in [1.29, 1.82) is 0 Å². The Balaban J connectivity index is 1.45. The van der Waals surface area contributed by atoms with Gasteiger partial charge in [-0.2, -0.15) is 0 Å². The smallest absolute Gasteiger partial charge is 0.323 e. The van der Waals surface area contributed by atoms with Crippen LogP contribution in [0.3, 0.4) is 0 Å². The molecule has 2 aromatic rings. The van der Waals surface area contributed by atoms with Gasteiger partial charge in [0.25, 0.3) is 0 Å². The Labute approximate surface area is 177 Å². The minimum atomic E-state index is -1.16. The SMILES string of the molecule is O=C(O)CN1C(=O)[C@@H]2[C@@H]3C[C@@H]([C@@H]2C1=O)[C@H]1[C@@H](c2cccs2)c2sc(=O)[nH]c2S[C@H]31. The van der Waals surface area contributed by atoms with Crippen molar-refractivity contribution in [2.45, 2.75) is 22.6 Å². The van der Waals surface area contributed by atoms with E-state index in [1.807, 2.05) is 11.4 Å². The molecule has 2 aliphatic heterocycles. The largest absolute Gasteiger partial charge is 0.480 e. The Morgan fingerprint density at radius 3 is 2.66 bits per heavy atom. The van der Waals surface area contributed by atoms with Crippen molar-refractivity contribution >= 4 is 52.2 Å². The van der Waals surface area contributed by atoms with E-state index in [1.165, 1.54) is 16.2 Å². The van der Waals surface area contributed by atoms with Crippen molar-refractivity contribution in [3.8, 4) is 0 Å². The summed E-state index contributed by atoms with van der Waals surface area (Å²) in [5, 5.41) is 12.2. The third kappa shape index (κ3) is 2.30. The first-order chi connectivity index (χ1) is 14.0. The highest BCUT2D eigenvalue weighted by Gasteiger charge is 2.69. The second-order valence-electron chi connectivity index (χ2n) is 8.13. The number of imide groups is 1. The summed E-state index contributed by atoms with van der Waals surface area (Å²) in [5.41, 5.74) is 0. The molecule has 2 aromatic heterocycles. The van der Waals surface area contributed by atoms with Gasteiger partial charge in [0.15, 0.2) is 0 Å². The maximum absolute atomic E-state index is 13.0. The highest BCUT2D eigenvalue weighted by Crippen LogP contribution is 2.68. The van der Waals surface area contributed by atoms with Crippen molar-refractivity contribution in [2.75, 3.05) is 6.54 Å². The van der Waals surface area contributed by atoms with Gasteiger partial charge >= 0.3 is 10.8 Å². The average Bonchev–Trinajstić information content (AvgIpc) is 3.45. The lowest BCUT2D eigenvalue weighted by Crippen LogP contribution is -2.42. The number of hydrogen-bond acceptors (Lipinski definition) is 7. The number of nitrogens with zero attached hydrogens (tertiary/aromatic N) is 1. The number of thiophene rings is 1. The Hall–Kier alpha value is -1.91. The van der Waals surface area contributed by atoms with Crippen LogP contribution in [0.5, 0.6) is 0 Å². The van der Waals surface area contributed by atoms with Gasteiger partial charge in [-0.1, -0.05) is 17.4 Å².